The molecule has 0 bridgehead atoms. The second-order valence-corrected chi connectivity index (χ2v) is 11.4. The number of nitrogens with zero attached hydrogens (tertiary/aromatic N) is 2. The molecule has 1 saturated heterocycles. The third kappa shape index (κ3) is 4.25. The van der Waals surface area contributed by atoms with E-state index in [-0.39, 0.29) is 11.3 Å². The summed E-state index contributed by atoms with van der Waals surface area (Å²) >= 11 is 1.38. The summed E-state index contributed by atoms with van der Waals surface area (Å²) in [4.78, 5) is 14.8. The number of nitrogens with two attached hydrogens (primary N) is 1. The monoisotopic (exact) mass is 487 g/mol. The Balaban J connectivity index is 1.55. The molecule has 2 N–H and O–H groups in total. The maximum atomic E-state index is 13.4. The minimum absolute atomic E-state index is 0.0276. The van der Waals surface area contributed by atoms with E-state index < -0.39 is 26.3 Å². The molecule has 1 fully saturated rings. The SMILES string of the molecule is COc1ccc(-c2ccc(S(=O)(=O)C3(N)CC(C)(CSc4nccn4C)OC3=O)cc2)cc1. The number of benzene rings is 2. The van der Waals surface area contributed by atoms with Crippen molar-refractivity contribution in [3.8, 4) is 16.9 Å². The Hall–Kier alpha value is -2.82. The van der Waals surface area contributed by atoms with E-state index in [2.05, 4.69) is 4.98 Å². The quantitative estimate of drug-likeness (QED) is 0.400. The average molecular weight is 488 g/mol. The predicted octanol–water partition coefficient (Wildman–Crippen LogP) is 3.02. The number of hydrogen-bond donors (Lipinski definition) is 1. The number of carbonyl (C=O) groups excluding carboxylic acids is 1. The van der Waals surface area contributed by atoms with Gasteiger partial charge in [-0.2, -0.15) is 0 Å². The van der Waals surface area contributed by atoms with Crippen LogP contribution in [-0.4, -0.2) is 47.3 Å². The lowest BCUT2D eigenvalue weighted by atomic mass is 10.0. The lowest BCUT2D eigenvalue weighted by Crippen LogP contribution is -2.52. The number of rotatable bonds is 7. The zero-order valence-corrected chi connectivity index (χ0v) is 20.2. The first-order chi connectivity index (χ1) is 15.6. The summed E-state index contributed by atoms with van der Waals surface area (Å²) in [6.07, 6.45) is 3.32. The molecule has 0 spiro atoms. The van der Waals surface area contributed by atoms with Crippen molar-refractivity contribution in [3.05, 3.63) is 60.9 Å². The van der Waals surface area contributed by atoms with Gasteiger partial charge in [0.05, 0.1) is 12.0 Å². The van der Waals surface area contributed by atoms with Crippen molar-refractivity contribution < 1.29 is 22.7 Å². The lowest BCUT2D eigenvalue weighted by Gasteiger charge is -2.23. The van der Waals surface area contributed by atoms with E-state index in [1.54, 1.807) is 38.6 Å². The van der Waals surface area contributed by atoms with Gasteiger partial charge in [-0.1, -0.05) is 36.0 Å². The third-order valence-electron chi connectivity index (χ3n) is 5.67. The summed E-state index contributed by atoms with van der Waals surface area (Å²) in [6, 6.07) is 13.7. The molecule has 174 valence electrons. The zero-order valence-electron chi connectivity index (χ0n) is 18.5. The van der Waals surface area contributed by atoms with Crippen molar-refractivity contribution in [2.45, 2.75) is 33.9 Å². The Morgan fingerprint density at radius 3 is 2.30 bits per heavy atom. The molecule has 8 nitrogen and oxygen atoms in total. The average Bonchev–Trinajstić information content (AvgIpc) is 3.32. The van der Waals surface area contributed by atoms with Gasteiger partial charge in [0.25, 0.3) is 0 Å². The van der Waals surface area contributed by atoms with Crippen LogP contribution >= 0.6 is 11.8 Å². The Bertz CT molecular complexity index is 1270. The number of imidazole rings is 1. The number of esters is 1. The van der Waals surface area contributed by atoms with Crippen LogP contribution in [0.25, 0.3) is 11.1 Å². The molecule has 4 rings (SSSR count). The van der Waals surface area contributed by atoms with E-state index >= 15 is 0 Å². The molecular weight excluding hydrogens is 462 g/mol. The molecule has 1 aliphatic heterocycles. The van der Waals surface area contributed by atoms with Crippen molar-refractivity contribution in [2.24, 2.45) is 12.8 Å². The standard InChI is InChI=1S/C23H25N3O5S2/c1-22(15-32-21-25-12-13-26(21)2)14-23(24,20(27)31-22)33(28,29)19-10-6-17(7-11-19)16-4-8-18(30-3)9-5-16/h4-13H,14-15,24H2,1-3H3. The van der Waals surface area contributed by atoms with Gasteiger partial charge in [-0.25, -0.2) is 18.2 Å². The van der Waals surface area contributed by atoms with Crippen LogP contribution in [-0.2, 0) is 26.4 Å². The van der Waals surface area contributed by atoms with E-state index in [9.17, 15) is 13.2 Å². The fourth-order valence-electron chi connectivity index (χ4n) is 3.79. The van der Waals surface area contributed by atoms with Gasteiger partial charge in [-0.15, -0.1) is 0 Å². The summed E-state index contributed by atoms with van der Waals surface area (Å²) in [6.45, 7) is 1.69. The molecule has 1 aromatic heterocycles. The number of ether oxygens (including phenoxy) is 2. The van der Waals surface area contributed by atoms with Crippen LogP contribution in [0, 0.1) is 0 Å². The predicted molar refractivity (Wildman–Crippen MR) is 126 cm³/mol. The van der Waals surface area contributed by atoms with E-state index in [1.165, 1.54) is 23.9 Å². The molecule has 2 heterocycles. The molecule has 1 aliphatic rings. The molecule has 33 heavy (non-hydrogen) atoms. The Morgan fingerprint density at radius 2 is 1.76 bits per heavy atom. The summed E-state index contributed by atoms with van der Waals surface area (Å²) in [5, 5.41) is 0.735. The fourth-order valence-corrected chi connectivity index (χ4v) is 6.45. The summed E-state index contributed by atoms with van der Waals surface area (Å²) in [5.74, 6) is 0.116. The maximum Gasteiger partial charge on any atom is 0.343 e. The zero-order chi connectivity index (χ0) is 23.9. The maximum absolute atomic E-state index is 13.4. The Morgan fingerprint density at radius 1 is 1.15 bits per heavy atom. The van der Waals surface area contributed by atoms with Crippen LogP contribution in [0.3, 0.4) is 0 Å². The first-order valence-electron chi connectivity index (χ1n) is 10.2. The molecule has 2 aromatic carbocycles. The second kappa shape index (κ2) is 8.51. The third-order valence-corrected chi connectivity index (χ3v) is 9.24. The normalized spacial score (nSPS) is 22.8. The van der Waals surface area contributed by atoms with Crippen molar-refractivity contribution in [2.75, 3.05) is 12.9 Å². The number of thioether (sulfide) groups is 1. The van der Waals surface area contributed by atoms with E-state index in [0.717, 1.165) is 22.0 Å². The smallest absolute Gasteiger partial charge is 0.343 e. The minimum Gasteiger partial charge on any atom is -0.497 e. The number of aromatic nitrogens is 2. The number of sulfone groups is 1. The summed E-state index contributed by atoms with van der Waals surface area (Å²) in [5.41, 5.74) is 6.93. The number of carbonyl (C=O) groups is 1. The highest BCUT2D eigenvalue weighted by atomic mass is 32.2. The van der Waals surface area contributed by atoms with Gasteiger partial charge in [0, 0.05) is 31.6 Å². The van der Waals surface area contributed by atoms with Crippen molar-refractivity contribution in [1.29, 1.82) is 0 Å². The molecule has 3 aromatic rings. The van der Waals surface area contributed by atoms with E-state index in [0.29, 0.717) is 5.75 Å². The highest BCUT2D eigenvalue weighted by Crippen LogP contribution is 2.41. The minimum atomic E-state index is -4.20. The molecule has 2 unspecified atom stereocenters. The van der Waals surface area contributed by atoms with Gasteiger partial charge in [0.1, 0.15) is 11.4 Å². The molecular formula is C23H25N3O5S2. The largest absolute Gasteiger partial charge is 0.497 e. The van der Waals surface area contributed by atoms with E-state index in [4.69, 9.17) is 15.2 Å². The topological polar surface area (TPSA) is 114 Å². The number of methoxy groups -OCH3 is 1. The van der Waals surface area contributed by atoms with Gasteiger partial charge >= 0.3 is 5.97 Å². The van der Waals surface area contributed by atoms with Crippen LogP contribution < -0.4 is 10.5 Å². The van der Waals surface area contributed by atoms with Gasteiger partial charge in [0.2, 0.25) is 14.7 Å². The Labute approximate surface area is 197 Å². The fraction of sp³-hybridized carbons (Fsp3) is 0.304. The van der Waals surface area contributed by atoms with Gasteiger partial charge < -0.3 is 19.8 Å². The summed E-state index contributed by atoms with van der Waals surface area (Å²) in [7, 11) is -0.752. The Kier molecular flexibility index (Phi) is 6.02. The van der Waals surface area contributed by atoms with Crippen molar-refractivity contribution in [3.63, 3.8) is 0 Å². The van der Waals surface area contributed by atoms with Gasteiger partial charge in [-0.3, -0.25) is 0 Å². The number of aryl methyl sites for hydroxylation is 1. The first kappa shape index (κ1) is 23.3. The summed E-state index contributed by atoms with van der Waals surface area (Å²) < 4.78 is 39.3. The molecule has 0 radical (unpaired) electrons. The number of cyclic esters (lactones) is 1. The van der Waals surface area contributed by atoms with Crippen LogP contribution in [0.5, 0.6) is 5.75 Å². The molecule has 0 aliphatic carbocycles. The van der Waals surface area contributed by atoms with Crippen LogP contribution in [0.2, 0.25) is 0 Å². The second-order valence-electron chi connectivity index (χ2n) is 8.27. The lowest BCUT2D eigenvalue weighted by molar-refractivity contribution is -0.147. The van der Waals surface area contributed by atoms with Gasteiger partial charge in [0.15, 0.2) is 5.16 Å². The molecule has 0 saturated carbocycles. The van der Waals surface area contributed by atoms with Crippen LogP contribution in [0.15, 0.2) is 71.0 Å². The molecule has 10 heteroatoms. The first-order valence-corrected chi connectivity index (χ1v) is 12.7. The molecule has 2 atom stereocenters. The van der Waals surface area contributed by atoms with Crippen molar-refractivity contribution in [1.82, 2.24) is 9.55 Å². The van der Waals surface area contributed by atoms with E-state index in [1.807, 2.05) is 35.9 Å². The highest BCUT2D eigenvalue weighted by molar-refractivity contribution is 7.99. The molecule has 0 amide bonds. The van der Waals surface area contributed by atoms with Gasteiger partial charge in [-0.05, 0) is 42.3 Å². The van der Waals surface area contributed by atoms with Crippen LogP contribution in [0.4, 0.5) is 0 Å². The van der Waals surface area contributed by atoms with Crippen molar-refractivity contribution >= 4 is 27.6 Å². The highest BCUT2D eigenvalue weighted by Gasteiger charge is 2.60. The number of hydrogen-bond acceptors (Lipinski definition) is 8. The van der Waals surface area contributed by atoms with Crippen LogP contribution in [0.1, 0.15) is 13.3 Å².